The van der Waals surface area contributed by atoms with Gasteiger partial charge in [-0.05, 0) is 49.4 Å². The summed E-state index contributed by atoms with van der Waals surface area (Å²) in [4.78, 5) is 20.6. The Balaban J connectivity index is 1.84. The molecule has 1 aromatic heterocycles. The lowest BCUT2D eigenvalue weighted by molar-refractivity contribution is 0.100. The Morgan fingerprint density at radius 2 is 2.14 bits per heavy atom. The number of nitrogens with two attached hydrogens (primary N) is 2. The van der Waals surface area contributed by atoms with Crippen LogP contribution in [0.25, 0.3) is 0 Å². The fourth-order valence-electron chi connectivity index (χ4n) is 3.53. The van der Waals surface area contributed by atoms with Crippen LogP contribution in [0.3, 0.4) is 0 Å². The van der Waals surface area contributed by atoms with E-state index in [9.17, 15) is 4.79 Å². The van der Waals surface area contributed by atoms with E-state index < -0.39 is 5.91 Å². The van der Waals surface area contributed by atoms with Crippen molar-refractivity contribution < 1.29 is 4.79 Å². The number of carbonyl (C=O) groups is 1. The maximum atomic E-state index is 11.8. The molecule has 1 heterocycles. The average Bonchev–Trinajstić information content (AvgIpc) is 2.66. The van der Waals surface area contributed by atoms with Crippen LogP contribution >= 0.6 is 0 Å². The first kappa shape index (κ1) is 19.8. The second-order valence-corrected chi connectivity index (χ2v) is 7.28. The van der Waals surface area contributed by atoms with Gasteiger partial charge in [0.05, 0.1) is 0 Å². The highest BCUT2D eigenvalue weighted by Crippen LogP contribution is 2.24. The Morgan fingerprint density at radius 3 is 2.82 bits per heavy atom. The Morgan fingerprint density at radius 1 is 1.36 bits per heavy atom. The van der Waals surface area contributed by atoms with Crippen LogP contribution in [-0.2, 0) is 6.42 Å². The number of primary amides is 1. The Labute approximate surface area is 165 Å². The van der Waals surface area contributed by atoms with Crippen molar-refractivity contribution in [2.45, 2.75) is 51.1 Å². The van der Waals surface area contributed by atoms with Gasteiger partial charge in [0.1, 0.15) is 11.4 Å². The van der Waals surface area contributed by atoms with E-state index in [-0.39, 0.29) is 17.6 Å². The van der Waals surface area contributed by atoms with Gasteiger partial charge in [-0.1, -0.05) is 25.0 Å². The molecule has 1 aliphatic rings. The third-order valence-corrected chi connectivity index (χ3v) is 5.16. The molecule has 6 N–H and O–H groups in total. The molecule has 7 nitrogen and oxygen atoms in total. The van der Waals surface area contributed by atoms with E-state index >= 15 is 0 Å². The molecule has 0 saturated heterocycles. The van der Waals surface area contributed by atoms with Crippen LogP contribution in [0.1, 0.15) is 47.2 Å². The number of allylic oxidation sites excluding steroid dienone is 1. The van der Waals surface area contributed by atoms with Crippen molar-refractivity contribution in [3.63, 3.8) is 0 Å². The normalized spacial score (nSPS) is 19.1. The van der Waals surface area contributed by atoms with Crippen LogP contribution in [0.15, 0.2) is 37.1 Å². The van der Waals surface area contributed by atoms with E-state index in [1.165, 1.54) is 11.8 Å². The van der Waals surface area contributed by atoms with E-state index in [0.717, 1.165) is 43.4 Å². The van der Waals surface area contributed by atoms with E-state index in [2.05, 4.69) is 27.2 Å². The minimum atomic E-state index is -0.580. The number of nitrogens with one attached hydrogen (secondary N) is 2. The number of nitrogens with zero attached hydrogens (tertiary/aromatic N) is 2. The minimum absolute atomic E-state index is 0.0737. The number of anilines is 3. The molecule has 7 heteroatoms. The predicted octanol–water partition coefficient (Wildman–Crippen LogP) is 3.04. The second-order valence-electron chi connectivity index (χ2n) is 7.28. The molecule has 0 bridgehead atoms. The highest BCUT2D eigenvalue weighted by molar-refractivity contribution is 5.98. The molecular weight excluding hydrogens is 352 g/mol. The van der Waals surface area contributed by atoms with Gasteiger partial charge in [-0.25, -0.2) is 4.98 Å². The Bertz CT molecular complexity index is 866. The third-order valence-electron chi connectivity index (χ3n) is 5.16. The molecule has 2 atom stereocenters. The number of hydrogen-bond acceptors (Lipinski definition) is 6. The number of aryl methyl sites for hydroxylation is 1. The molecule has 3 rings (SSSR count). The van der Waals surface area contributed by atoms with Crippen molar-refractivity contribution in [2.24, 2.45) is 11.5 Å². The van der Waals surface area contributed by atoms with Crippen LogP contribution in [0, 0.1) is 6.92 Å². The highest BCUT2D eigenvalue weighted by atomic mass is 16.1. The van der Waals surface area contributed by atoms with Crippen molar-refractivity contribution in [3.8, 4) is 0 Å². The summed E-state index contributed by atoms with van der Waals surface area (Å²) in [5.41, 5.74) is 15.1. The first-order chi connectivity index (χ1) is 13.5. The quantitative estimate of drug-likeness (QED) is 0.548. The zero-order valence-electron chi connectivity index (χ0n) is 16.2. The van der Waals surface area contributed by atoms with Gasteiger partial charge in [0.15, 0.2) is 0 Å². The Kier molecular flexibility index (Phi) is 6.26. The summed E-state index contributed by atoms with van der Waals surface area (Å²) >= 11 is 0. The zero-order valence-corrected chi connectivity index (χ0v) is 16.2. The summed E-state index contributed by atoms with van der Waals surface area (Å²) in [6.07, 6.45) is 8.38. The number of hydrogen-bond donors (Lipinski definition) is 4. The van der Waals surface area contributed by atoms with Crippen LogP contribution in [0.2, 0.25) is 0 Å². The van der Waals surface area contributed by atoms with Gasteiger partial charge >= 0.3 is 0 Å². The monoisotopic (exact) mass is 380 g/mol. The van der Waals surface area contributed by atoms with Gasteiger partial charge < -0.3 is 22.1 Å². The third kappa shape index (κ3) is 4.67. The van der Waals surface area contributed by atoms with Crippen molar-refractivity contribution in [2.75, 3.05) is 10.6 Å². The number of benzene rings is 1. The molecule has 2 aromatic rings. The summed E-state index contributed by atoms with van der Waals surface area (Å²) in [5, 5.41) is 6.51. The molecule has 1 aromatic carbocycles. The maximum Gasteiger partial charge on any atom is 0.254 e. The SMILES string of the molecule is C=CCc1ccc(Nc2nc(N[C@@H]3CCCC[C@@H]3N)ncc2C(N)=O)cc1C. The van der Waals surface area contributed by atoms with Gasteiger partial charge in [0.2, 0.25) is 5.95 Å². The summed E-state index contributed by atoms with van der Waals surface area (Å²) < 4.78 is 0. The molecule has 148 valence electrons. The van der Waals surface area contributed by atoms with Crippen LogP contribution in [0.4, 0.5) is 17.5 Å². The van der Waals surface area contributed by atoms with Gasteiger partial charge in [-0.3, -0.25) is 4.79 Å². The molecule has 1 saturated carbocycles. The van der Waals surface area contributed by atoms with E-state index in [1.807, 2.05) is 31.2 Å². The van der Waals surface area contributed by atoms with Gasteiger partial charge in [-0.2, -0.15) is 4.98 Å². The molecule has 0 spiro atoms. The van der Waals surface area contributed by atoms with Crippen molar-refractivity contribution in [1.82, 2.24) is 9.97 Å². The minimum Gasteiger partial charge on any atom is -0.365 e. The van der Waals surface area contributed by atoms with Gasteiger partial charge in [0.25, 0.3) is 5.91 Å². The first-order valence-electron chi connectivity index (χ1n) is 9.64. The number of rotatable bonds is 7. The fourth-order valence-corrected chi connectivity index (χ4v) is 3.53. The summed E-state index contributed by atoms with van der Waals surface area (Å²) in [5.74, 6) is 0.239. The first-order valence-corrected chi connectivity index (χ1v) is 9.64. The smallest absolute Gasteiger partial charge is 0.254 e. The maximum absolute atomic E-state index is 11.8. The van der Waals surface area contributed by atoms with E-state index in [1.54, 1.807) is 0 Å². The molecule has 1 aliphatic carbocycles. The molecule has 28 heavy (non-hydrogen) atoms. The van der Waals surface area contributed by atoms with Crippen molar-refractivity contribution in [3.05, 3.63) is 53.7 Å². The summed E-state index contributed by atoms with van der Waals surface area (Å²) in [7, 11) is 0. The lowest BCUT2D eigenvalue weighted by Crippen LogP contribution is -2.43. The summed E-state index contributed by atoms with van der Waals surface area (Å²) in [6.45, 7) is 5.82. The summed E-state index contributed by atoms with van der Waals surface area (Å²) in [6, 6.07) is 6.19. The molecular formula is C21H28N6O. The van der Waals surface area contributed by atoms with Crippen LogP contribution in [-0.4, -0.2) is 28.0 Å². The van der Waals surface area contributed by atoms with Crippen LogP contribution in [0.5, 0.6) is 0 Å². The van der Waals surface area contributed by atoms with E-state index in [4.69, 9.17) is 11.5 Å². The lowest BCUT2D eigenvalue weighted by atomic mass is 9.91. The Hall–Kier alpha value is -2.93. The van der Waals surface area contributed by atoms with Crippen molar-refractivity contribution >= 4 is 23.4 Å². The zero-order chi connectivity index (χ0) is 20.1. The second kappa shape index (κ2) is 8.84. The fraction of sp³-hybridized carbons (Fsp3) is 0.381. The number of carbonyl (C=O) groups excluding carboxylic acids is 1. The molecule has 1 fully saturated rings. The average molecular weight is 380 g/mol. The number of amides is 1. The molecule has 0 unspecified atom stereocenters. The largest absolute Gasteiger partial charge is 0.365 e. The predicted molar refractivity (Wildman–Crippen MR) is 113 cm³/mol. The molecule has 0 radical (unpaired) electrons. The van der Waals surface area contributed by atoms with Gasteiger partial charge in [0, 0.05) is 24.0 Å². The lowest BCUT2D eigenvalue weighted by Gasteiger charge is -2.29. The van der Waals surface area contributed by atoms with Crippen molar-refractivity contribution in [1.29, 1.82) is 0 Å². The van der Waals surface area contributed by atoms with Gasteiger partial charge in [-0.15, -0.1) is 6.58 Å². The van der Waals surface area contributed by atoms with E-state index in [0.29, 0.717) is 11.8 Å². The number of aromatic nitrogens is 2. The standard InChI is InChI=1S/C21H28N6O/c1-3-6-14-9-10-15(11-13(14)2)25-20-16(19(23)28)12-24-21(27-20)26-18-8-5-4-7-17(18)22/h3,9-12,17-18H,1,4-8,22H2,2H3,(H2,23,28)(H2,24,25,26,27)/t17-,18+/m0/s1. The highest BCUT2D eigenvalue weighted by Gasteiger charge is 2.23. The van der Waals surface area contributed by atoms with Crippen LogP contribution < -0.4 is 22.1 Å². The topological polar surface area (TPSA) is 119 Å². The molecule has 1 amide bonds. The molecule has 0 aliphatic heterocycles.